The predicted octanol–water partition coefficient (Wildman–Crippen LogP) is 3.62. The number of hydrazone groups is 1. The van der Waals surface area contributed by atoms with E-state index in [1.165, 1.54) is 12.1 Å². The lowest BCUT2D eigenvalue weighted by Crippen LogP contribution is -2.31. The average Bonchev–Trinajstić information content (AvgIpc) is 2.62. The molecule has 0 aliphatic carbocycles. The highest BCUT2D eigenvalue weighted by Gasteiger charge is 2.07. The van der Waals surface area contributed by atoms with E-state index in [2.05, 4.69) is 15.8 Å². The Morgan fingerprint density at radius 2 is 2.00 bits per heavy atom. The highest BCUT2D eigenvalue weighted by molar-refractivity contribution is 7.80. The van der Waals surface area contributed by atoms with Crippen LogP contribution in [0.5, 0.6) is 11.5 Å². The van der Waals surface area contributed by atoms with Gasteiger partial charge in [0, 0.05) is 6.54 Å². The van der Waals surface area contributed by atoms with Gasteiger partial charge in [-0.25, -0.2) is 4.39 Å². The number of hydrogen-bond donors (Lipinski definition) is 2. The summed E-state index contributed by atoms with van der Waals surface area (Å²) in [6.45, 7) is 5.33. The van der Waals surface area contributed by atoms with Crippen molar-refractivity contribution in [2.75, 3.05) is 13.2 Å². The van der Waals surface area contributed by atoms with Crippen molar-refractivity contribution in [1.29, 1.82) is 0 Å². The van der Waals surface area contributed by atoms with E-state index in [4.69, 9.17) is 21.7 Å². The maximum atomic E-state index is 13.3. The van der Waals surface area contributed by atoms with Crippen molar-refractivity contribution >= 4 is 23.5 Å². The van der Waals surface area contributed by atoms with Crippen LogP contribution >= 0.6 is 12.2 Å². The van der Waals surface area contributed by atoms with E-state index in [1.54, 1.807) is 18.3 Å². The van der Waals surface area contributed by atoms with Gasteiger partial charge in [-0.3, -0.25) is 5.43 Å². The number of thiocarbonyl (C=S) groups is 1. The molecule has 0 aliphatic rings. The van der Waals surface area contributed by atoms with Gasteiger partial charge < -0.3 is 14.8 Å². The van der Waals surface area contributed by atoms with Gasteiger partial charge in [-0.2, -0.15) is 5.10 Å². The van der Waals surface area contributed by atoms with E-state index in [-0.39, 0.29) is 12.4 Å². The van der Waals surface area contributed by atoms with Gasteiger partial charge in [0.25, 0.3) is 0 Å². The molecule has 2 aromatic carbocycles. The topological polar surface area (TPSA) is 54.9 Å². The smallest absolute Gasteiger partial charge is 0.186 e. The molecule has 0 saturated heterocycles. The fourth-order valence-electron chi connectivity index (χ4n) is 2.15. The molecule has 7 heteroatoms. The van der Waals surface area contributed by atoms with Gasteiger partial charge >= 0.3 is 0 Å². The third kappa shape index (κ3) is 6.33. The van der Waals surface area contributed by atoms with Crippen molar-refractivity contribution in [3.05, 3.63) is 59.4 Å². The first-order chi connectivity index (χ1) is 12.6. The standard InChI is InChI=1S/C19H22FN3O2S/c1-3-21-19(26)23-22-12-14-8-9-17(18(11-14)24-4-2)25-13-15-6-5-7-16(20)10-15/h5-12H,3-4,13H2,1-2H3,(H2,21,23,26). The normalized spacial score (nSPS) is 10.6. The molecular weight excluding hydrogens is 353 g/mol. The summed E-state index contributed by atoms with van der Waals surface area (Å²) in [6.07, 6.45) is 1.64. The molecule has 138 valence electrons. The first-order valence-corrected chi connectivity index (χ1v) is 8.74. The second-order valence-electron chi connectivity index (χ2n) is 5.29. The molecule has 2 rings (SSSR count). The van der Waals surface area contributed by atoms with E-state index in [1.807, 2.05) is 32.0 Å². The third-order valence-electron chi connectivity index (χ3n) is 3.27. The zero-order valence-electron chi connectivity index (χ0n) is 14.8. The number of rotatable bonds is 8. The zero-order chi connectivity index (χ0) is 18.8. The molecule has 26 heavy (non-hydrogen) atoms. The summed E-state index contributed by atoms with van der Waals surface area (Å²) in [6, 6.07) is 11.8. The second kappa shape index (κ2) is 10.4. The Morgan fingerprint density at radius 1 is 1.15 bits per heavy atom. The Bertz CT molecular complexity index is 768. The minimum Gasteiger partial charge on any atom is -0.490 e. The van der Waals surface area contributed by atoms with Gasteiger partial charge in [0.2, 0.25) is 0 Å². The van der Waals surface area contributed by atoms with Crippen molar-refractivity contribution < 1.29 is 13.9 Å². The number of ether oxygens (including phenoxy) is 2. The minimum absolute atomic E-state index is 0.254. The van der Waals surface area contributed by atoms with Gasteiger partial charge in [-0.1, -0.05) is 12.1 Å². The Hall–Kier alpha value is -2.67. The summed E-state index contributed by atoms with van der Waals surface area (Å²) in [4.78, 5) is 0. The molecule has 2 N–H and O–H groups in total. The van der Waals surface area contributed by atoms with Crippen molar-refractivity contribution in [3.8, 4) is 11.5 Å². The Morgan fingerprint density at radius 3 is 2.73 bits per heavy atom. The molecule has 0 unspecified atom stereocenters. The molecule has 0 saturated carbocycles. The van der Waals surface area contributed by atoms with Crippen LogP contribution in [0.4, 0.5) is 4.39 Å². The fourth-order valence-corrected chi connectivity index (χ4v) is 2.34. The van der Waals surface area contributed by atoms with Crippen LogP contribution in [0.2, 0.25) is 0 Å². The van der Waals surface area contributed by atoms with Crippen molar-refractivity contribution in [1.82, 2.24) is 10.7 Å². The SMILES string of the molecule is CCNC(=S)NN=Cc1ccc(OCc2cccc(F)c2)c(OCC)c1. The lowest BCUT2D eigenvalue weighted by Gasteiger charge is -2.12. The minimum atomic E-state index is -0.286. The highest BCUT2D eigenvalue weighted by atomic mass is 32.1. The van der Waals surface area contributed by atoms with Crippen LogP contribution in [0.1, 0.15) is 25.0 Å². The van der Waals surface area contributed by atoms with Crippen molar-refractivity contribution in [3.63, 3.8) is 0 Å². The predicted molar refractivity (Wildman–Crippen MR) is 105 cm³/mol. The molecule has 0 radical (unpaired) electrons. The number of nitrogens with one attached hydrogen (secondary N) is 2. The molecule has 0 aliphatic heterocycles. The molecule has 0 bridgehead atoms. The van der Waals surface area contributed by atoms with Crippen LogP contribution in [0, 0.1) is 5.82 Å². The molecule has 5 nitrogen and oxygen atoms in total. The first-order valence-electron chi connectivity index (χ1n) is 8.33. The summed E-state index contributed by atoms with van der Waals surface area (Å²) in [5.41, 5.74) is 4.31. The summed E-state index contributed by atoms with van der Waals surface area (Å²) < 4.78 is 24.7. The first kappa shape index (κ1) is 19.7. The molecule has 0 heterocycles. The number of benzene rings is 2. The number of nitrogens with zero attached hydrogens (tertiary/aromatic N) is 1. The van der Waals surface area contributed by atoms with Crippen LogP contribution in [0.25, 0.3) is 0 Å². The fraction of sp³-hybridized carbons (Fsp3) is 0.263. The summed E-state index contributed by atoms with van der Waals surface area (Å²) >= 11 is 5.04. The van der Waals surface area contributed by atoms with Gasteiger partial charge in [0.1, 0.15) is 12.4 Å². The van der Waals surface area contributed by atoms with Crippen LogP contribution in [-0.4, -0.2) is 24.5 Å². The molecule has 0 spiro atoms. The summed E-state index contributed by atoms with van der Waals surface area (Å²) in [5.74, 6) is 0.900. The van der Waals surface area contributed by atoms with Crippen LogP contribution in [0.3, 0.4) is 0 Å². The monoisotopic (exact) mass is 375 g/mol. The summed E-state index contributed by atoms with van der Waals surface area (Å²) in [7, 11) is 0. The molecule has 0 fully saturated rings. The largest absolute Gasteiger partial charge is 0.490 e. The maximum Gasteiger partial charge on any atom is 0.186 e. The van der Waals surface area contributed by atoms with E-state index < -0.39 is 0 Å². The van der Waals surface area contributed by atoms with Crippen molar-refractivity contribution in [2.45, 2.75) is 20.5 Å². The Balaban J connectivity index is 2.05. The second-order valence-corrected chi connectivity index (χ2v) is 5.70. The van der Waals surface area contributed by atoms with Crippen LogP contribution in [0.15, 0.2) is 47.6 Å². The molecule has 0 atom stereocenters. The maximum absolute atomic E-state index is 13.3. The highest BCUT2D eigenvalue weighted by Crippen LogP contribution is 2.29. The van der Waals surface area contributed by atoms with E-state index in [0.717, 1.165) is 17.7 Å². The van der Waals surface area contributed by atoms with Gasteiger partial charge in [0.15, 0.2) is 16.6 Å². The van der Waals surface area contributed by atoms with Crippen LogP contribution < -0.4 is 20.2 Å². The Kier molecular flexibility index (Phi) is 7.82. The molecule has 0 amide bonds. The zero-order valence-corrected chi connectivity index (χ0v) is 15.6. The van der Waals surface area contributed by atoms with Gasteiger partial charge in [-0.05, 0) is 67.5 Å². The van der Waals surface area contributed by atoms with Crippen molar-refractivity contribution in [2.24, 2.45) is 5.10 Å². The van der Waals surface area contributed by atoms with E-state index in [9.17, 15) is 4.39 Å². The average molecular weight is 375 g/mol. The number of hydrogen-bond acceptors (Lipinski definition) is 4. The molecule has 2 aromatic rings. The molecule has 0 aromatic heterocycles. The lowest BCUT2D eigenvalue weighted by molar-refractivity contribution is 0.269. The quantitative estimate of drug-likeness (QED) is 0.419. The molecular formula is C19H22FN3O2S. The third-order valence-corrected chi connectivity index (χ3v) is 3.50. The lowest BCUT2D eigenvalue weighted by atomic mass is 10.2. The summed E-state index contributed by atoms with van der Waals surface area (Å²) in [5, 5.41) is 7.48. The van der Waals surface area contributed by atoms with Gasteiger partial charge in [-0.15, -0.1) is 0 Å². The van der Waals surface area contributed by atoms with E-state index in [0.29, 0.717) is 23.2 Å². The van der Waals surface area contributed by atoms with Gasteiger partial charge in [0.05, 0.1) is 12.8 Å². The number of halogens is 1. The van der Waals surface area contributed by atoms with Crippen LogP contribution in [-0.2, 0) is 6.61 Å². The Labute approximate surface area is 158 Å². The van der Waals surface area contributed by atoms with E-state index >= 15 is 0 Å².